The molecule has 1 aromatic carbocycles. The van der Waals surface area contributed by atoms with E-state index in [2.05, 4.69) is 4.98 Å². The van der Waals surface area contributed by atoms with E-state index in [1.54, 1.807) is 28.8 Å². The van der Waals surface area contributed by atoms with Crippen LogP contribution in [0.4, 0.5) is 0 Å². The molecule has 136 valence electrons. The molecule has 8 heteroatoms. The van der Waals surface area contributed by atoms with Crippen LogP contribution in [-0.4, -0.2) is 11.0 Å². The second kappa shape index (κ2) is 7.26. The fraction of sp³-hybridized carbons (Fsp3) is 0.105. The van der Waals surface area contributed by atoms with Crippen LogP contribution in [-0.2, 0) is 11.3 Å². The normalized spacial score (nSPS) is 11.0. The summed E-state index contributed by atoms with van der Waals surface area (Å²) < 4.78 is 10.6. The van der Waals surface area contributed by atoms with Gasteiger partial charge in [0, 0.05) is 27.4 Å². The number of carbonyl (C=O) groups is 1. The summed E-state index contributed by atoms with van der Waals surface area (Å²) >= 11 is 9.11. The minimum absolute atomic E-state index is 0.0772. The van der Waals surface area contributed by atoms with Gasteiger partial charge in [0.05, 0.1) is 4.88 Å². The molecule has 0 amide bonds. The highest BCUT2D eigenvalue weighted by molar-refractivity contribution is 7.20. The summed E-state index contributed by atoms with van der Waals surface area (Å²) in [6.45, 7) is 1.74. The highest BCUT2D eigenvalue weighted by Gasteiger charge is 2.15. The van der Waals surface area contributed by atoms with Crippen molar-refractivity contribution in [2.45, 2.75) is 13.5 Å². The molecule has 0 aliphatic rings. The molecular weight excluding hydrogens is 406 g/mol. The van der Waals surface area contributed by atoms with Crippen molar-refractivity contribution < 1.29 is 13.9 Å². The Morgan fingerprint density at radius 1 is 1.30 bits per heavy atom. The van der Waals surface area contributed by atoms with Gasteiger partial charge in [0.2, 0.25) is 0 Å². The minimum atomic E-state index is -0.548. The van der Waals surface area contributed by atoms with Gasteiger partial charge < -0.3 is 9.15 Å². The van der Waals surface area contributed by atoms with Gasteiger partial charge in [0.25, 0.3) is 0 Å². The number of rotatable bonds is 4. The molecule has 0 fully saturated rings. The van der Waals surface area contributed by atoms with Crippen LogP contribution in [0.1, 0.15) is 21.6 Å². The monoisotopic (exact) mass is 417 g/mol. The average molecular weight is 418 g/mol. The number of esters is 1. The number of aryl methyl sites for hydroxylation is 1. The number of fused-ring (bicyclic) bond motifs is 1. The van der Waals surface area contributed by atoms with Gasteiger partial charge in [-0.05, 0) is 36.1 Å². The lowest BCUT2D eigenvalue weighted by Gasteiger charge is -2.08. The van der Waals surface area contributed by atoms with Gasteiger partial charge in [-0.1, -0.05) is 17.7 Å². The summed E-state index contributed by atoms with van der Waals surface area (Å²) in [5.41, 5.74) is 1.47. The van der Waals surface area contributed by atoms with E-state index in [-0.39, 0.29) is 12.3 Å². The highest BCUT2D eigenvalue weighted by Crippen LogP contribution is 2.29. The van der Waals surface area contributed by atoms with Gasteiger partial charge in [-0.2, -0.15) is 0 Å². The van der Waals surface area contributed by atoms with Gasteiger partial charge in [-0.3, -0.25) is 0 Å². The summed E-state index contributed by atoms with van der Waals surface area (Å²) in [7, 11) is 0. The van der Waals surface area contributed by atoms with Crippen LogP contribution >= 0.6 is 34.3 Å². The molecule has 4 aromatic rings. The molecule has 27 heavy (non-hydrogen) atoms. The lowest BCUT2D eigenvalue weighted by atomic mass is 10.1. The maximum Gasteiger partial charge on any atom is 0.358 e. The number of halogens is 1. The Hall–Kier alpha value is -2.48. The predicted octanol–water partition coefficient (Wildman–Crippen LogP) is 5.30. The molecular formula is C19H12ClNO4S2. The van der Waals surface area contributed by atoms with E-state index >= 15 is 0 Å². The summed E-state index contributed by atoms with van der Waals surface area (Å²) in [6, 6.07) is 8.58. The molecule has 5 nitrogen and oxygen atoms in total. The third-order valence-corrected chi connectivity index (χ3v) is 6.20. The Morgan fingerprint density at radius 2 is 2.15 bits per heavy atom. The van der Waals surface area contributed by atoms with Crippen LogP contribution in [0.25, 0.3) is 20.9 Å². The maximum absolute atomic E-state index is 12.3. The third kappa shape index (κ3) is 3.66. The zero-order chi connectivity index (χ0) is 19.0. The van der Waals surface area contributed by atoms with Crippen LogP contribution in [0, 0.1) is 6.92 Å². The van der Waals surface area contributed by atoms with Crippen LogP contribution in [0.3, 0.4) is 0 Å². The number of hydrogen-bond donors (Lipinski definition) is 0. The number of carbonyl (C=O) groups excluding carboxylic acids is 1. The number of benzene rings is 1. The second-order valence-corrected chi connectivity index (χ2v) is 7.99. The van der Waals surface area contributed by atoms with Crippen molar-refractivity contribution in [2.24, 2.45) is 0 Å². The Kier molecular flexibility index (Phi) is 4.82. The van der Waals surface area contributed by atoms with Crippen molar-refractivity contribution in [3.63, 3.8) is 0 Å². The molecule has 0 bridgehead atoms. The molecule has 3 heterocycles. The van der Waals surface area contributed by atoms with Gasteiger partial charge in [-0.15, -0.1) is 22.7 Å². The van der Waals surface area contributed by atoms with Crippen LogP contribution in [0.15, 0.2) is 50.3 Å². The number of thiophene rings is 1. The van der Waals surface area contributed by atoms with Crippen LogP contribution in [0.2, 0.25) is 5.02 Å². The molecule has 0 saturated heterocycles. The maximum atomic E-state index is 12.3. The van der Waals surface area contributed by atoms with Crippen molar-refractivity contribution in [2.75, 3.05) is 0 Å². The zero-order valence-electron chi connectivity index (χ0n) is 14.0. The van der Waals surface area contributed by atoms with Crippen molar-refractivity contribution in [1.82, 2.24) is 4.98 Å². The Morgan fingerprint density at radius 3 is 2.93 bits per heavy atom. The van der Waals surface area contributed by atoms with Gasteiger partial charge >= 0.3 is 11.6 Å². The van der Waals surface area contributed by atoms with E-state index in [0.717, 1.165) is 15.4 Å². The number of aromatic nitrogens is 1. The fourth-order valence-electron chi connectivity index (χ4n) is 2.57. The Balaban J connectivity index is 1.57. The average Bonchev–Trinajstić information content (AvgIpc) is 3.32. The van der Waals surface area contributed by atoms with Crippen molar-refractivity contribution >= 4 is 51.2 Å². The molecule has 0 atom stereocenters. The summed E-state index contributed by atoms with van der Waals surface area (Å²) in [4.78, 5) is 29.5. The van der Waals surface area contributed by atoms with Crippen molar-refractivity contribution in [3.05, 3.63) is 73.4 Å². The molecule has 0 unspecified atom stereocenters. The summed E-state index contributed by atoms with van der Waals surface area (Å²) in [5, 5.41) is 5.56. The first-order valence-electron chi connectivity index (χ1n) is 7.90. The molecule has 0 radical (unpaired) electrons. The predicted molar refractivity (Wildman–Crippen MR) is 107 cm³/mol. The number of hydrogen-bond acceptors (Lipinski definition) is 7. The van der Waals surface area contributed by atoms with E-state index in [4.69, 9.17) is 20.8 Å². The van der Waals surface area contributed by atoms with E-state index in [1.807, 2.05) is 24.4 Å². The number of ether oxygens (including phenoxy) is 1. The first-order valence-corrected chi connectivity index (χ1v) is 10.0. The van der Waals surface area contributed by atoms with Crippen LogP contribution < -0.4 is 5.63 Å². The van der Waals surface area contributed by atoms with Crippen molar-refractivity contribution in [1.29, 1.82) is 0 Å². The van der Waals surface area contributed by atoms with Crippen LogP contribution in [0.5, 0.6) is 0 Å². The second-order valence-electron chi connectivity index (χ2n) is 5.78. The minimum Gasteiger partial charge on any atom is -0.456 e. The Labute approximate surface area is 166 Å². The molecule has 3 aromatic heterocycles. The molecule has 0 spiro atoms. The fourth-order valence-corrected chi connectivity index (χ4v) is 4.33. The Bertz CT molecular complexity index is 1190. The lowest BCUT2D eigenvalue weighted by Crippen LogP contribution is -2.08. The standard InChI is InChI=1S/C19H12ClNO4S2/c1-10-5-15-12(7-13(10)20)11(6-17(22)25-15)8-24-19(23)14-9-27-18(21-14)16-3-2-4-26-16/h2-7,9H,8H2,1H3. The SMILES string of the molecule is Cc1cc2oc(=O)cc(COC(=O)c3csc(-c4cccs4)n3)c2cc1Cl. The third-order valence-electron chi connectivity index (χ3n) is 3.91. The largest absolute Gasteiger partial charge is 0.456 e. The van der Waals surface area contributed by atoms with E-state index in [9.17, 15) is 9.59 Å². The first kappa shape index (κ1) is 17.9. The smallest absolute Gasteiger partial charge is 0.358 e. The zero-order valence-corrected chi connectivity index (χ0v) is 16.4. The van der Waals surface area contributed by atoms with E-state index < -0.39 is 11.6 Å². The lowest BCUT2D eigenvalue weighted by molar-refractivity contribution is 0.0468. The quantitative estimate of drug-likeness (QED) is 0.333. The van der Waals surface area contributed by atoms with Gasteiger partial charge in [0.15, 0.2) is 5.69 Å². The van der Waals surface area contributed by atoms with E-state index in [0.29, 0.717) is 21.6 Å². The van der Waals surface area contributed by atoms with E-state index in [1.165, 1.54) is 17.4 Å². The molecule has 0 N–H and O–H groups in total. The molecule has 0 aliphatic carbocycles. The van der Waals surface area contributed by atoms with Gasteiger partial charge in [0.1, 0.15) is 17.2 Å². The summed E-state index contributed by atoms with van der Waals surface area (Å²) in [5.74, 6) is -0.548. The molecule has 0 aliphatic heterocycles. The molecule has 0 saturated carbocycles. The number of nitrogens with zero attached hydrogens (tertiary/aromatic N) is 1. The number of thiazole rings is 1. The van der Waals surface area contributed by atoms with Crippen molar-refractivity contribution in [3.8, 4) is 9.88 Å². The topological polar surface area (TPSA) is 69.4 Å². The molecule has 4 rings (SSSR count). The van der Waals surface area contributed by atoms with Gasteiger partial charge in [-0.25, -0.2) is 14.6 Å². The highest BCUT2D eigenvalue weighted by atomic mass is 35.5. The first-order chi connectivity index (χ1) is 13.0. The summed E-state index contributed by atoms with van der Waals surface area (Å²) in [6.07, 6.45) is 0.